The first-order valence-electron chi connectivity index (χ1n) is 9.44. The highest BCUT2D eigenvalue weighted by molar-refractivity contribution is 7.35. The van der Waals surface area contributed by atoms with E-state index in [0.29, 0.717) is 0 Å². The molecule has 28 heavy (non-hydrogen) atoms. The van der Waals surface area contributed by atoms with Gasteiger partial charge in [0.25, 0.3) is 0 Å². The molecule has 0 spiro atoms. The number of rotatable bonds is 4. The highest BCUT2D eigenvalue weighted by Gasteiger charge is 2.35. The molecule has 0 bridgehead atoms. The molecule has 0 amide bonds. The van der Waals surface area contributed by atoms with E-state index in [1.54, 1.807) is 0 Å². The van der Waals surface area contributed by atoms with E-state index in [-0.39, 0.29) is 0 Å². The molecule has 0 saturated carbocycles. The normalized spacial score (nSPS) is 15.7. The van der Waals surface area contributed by atoms with Crippen LogP contribution in [0.25, 0.3) is 10.8 Å². The van der Waals surface area contributed by atoms with Gasteiger partial charge in [0.1, 0.15) is 0 Å². The molecule has 0 N–H and O–H groups in total. The molecule has 4 rings (SSSR count). The maximum absolute atomic E-state index is 7.27. The van der Waals surface area contributed by atoms with Gasteiger partial charge in [0.15, 0.2) is 0 Å². The fraction of sp³-hybridized carbons (Fsp3) is 0.0833. The van der Waals surface area contributed by atoms with E-state index < -0.39 is 14.8 Å². The molecule has 0 aromatic heterocycles. The van der Waals surface area contributed by atoms with Gasteiger partial charge in [0.2, 0.25) is 14.8 Å². The van der Waals surface area contributed by atoms with Crippen molar-refractivity contribution in [2.24, 2.45) is 0 Å². The number of hydrogen-bond acceptors (Lipinski definition) is 0. The Hall–Kier alpha value is -1.85. The average Bonchev–Trinajstić information content (AvgIpc) is 2.74. The lowest BCUT2D eigenvalue weighted by molar-refractivity contribution is 1.72. The predicted molar refractivity (Wildman–Crippen MR) is 130 cm³/mol. The van der Waals surface area contributed by atoms with E-state index in [1.807, 2.05) is 12.1 Å². The number of hydrogen-bond donors (Lipinski definition) is 0. The Morgan fingerprint density at radius 1 is 0.464 bits per heavy atom. The minimum Gasteiger partial charge on any atom is -0.155 e. The van der Waals surface area contributed by atoms with E-state index >= 15 is 0 Å². The lowest BCUT2D eigenvalue weighted by Gasteiger charge is -2.27. The topological polar surface area (TPSA) is 0 Å². The summed E-state index contributed by atoms with van der Waals surface area (Å²) in [6.45, 7) is 4.42. The molecule has 4 heteroatoms. The third kappa shape index (κ3) is 3.35. The van der Waals surface area contributed by atoms with E-state index in [0.717, 1.165) is 0 Å². The molecule has 0 aliphatic heterocycles. The maximum Gasteiger partial charge on any atom is 0.214 e. The van der Waals surface area contributed by atoms with Crippen molar-refractivity contribution in [2.75, 3.05) is 0 Å². The molecular weight excluding hydrogens is 415 g/mol. The Labute approximate surface area is 178 Å². The lowest BCUT2D eigenvalue weighted by atomic mass is 10.1. The third-order valence-corrected chi connectivity index (χ3v) is 13.8. The van der Waals surface area contributed by atoms with Gasteiger partial charge in [-0.15, -0.1) is 0 Å². The van der Waals surface area contributed by atoms with Crippen molar-refractivity contribution in [1.82, 2.24) is 0 Å². The SMILES string of the molecule is C[Si](Cl)(c1ccccc1)c1ccc([Si](C)(Cl)c2ccccc2)c2ccccc12. The lowest BCUT2D eigenvalue weighted by Crippen LogP contribution is -2.54. The van der Waals surface area contributed by atoms with Crippen LogP contribution in [-0.2, 0) is 0 Å². The Balaban J connectivity index is 1.94. The number of fused-ring (bicyclic) bond motifs is 1. The first kappa shape index (κ1) is 19.5. The van der Waals surface area contributed by atoms with Crippen LogP contribution in [0.1, 0.15) is 0 Å². The molecular formula is C24H22Cl2Si2. The first-order chi connectivity index (χ1) is 13.4. The standard InChI is InChI=1S/C24H22Cl2Si2/c1-27(25,19-11-5-3-6-12-19)23-17-18-24(22-16-10-9-15-21(22)23)28(2,26)20-13-7-4-8-14-20/h3-18H,1-2H3. The Kier molecular flexibility index (Phi) is 5.23. The smallest absolute Gasteiger partial charge is 0.155 e. The Morgan fingerprint density at radius 2 is 0.786 bits per heavy atom. The molecule has 0 heterocycles. The van der Waals surface area contributed by atoms with Gasteiger partial charge in [-0.25, -0.2) is 0 Å². The quantitative estimate of drug-likeness (QED) is 0.321. The van der Waals surface area contributed by atoms with Crippen LogP contribution >= 0.6 is 22.2 Å². The predicted octanol–water partition coefficient (Wildman–Crippen LogP) is 4.70. The monoisotopic (exact) mass is 436 g/mol. The number of halogens is 2. The summed E-state index contributed by atoms with van der Waals surface area (Å²) in [4.78, 5) is 0. The van der Waals surface area contributed by atoms with E-state index in [4.69, 9.17) is 22.2 Å². The van der Waals surface area contributed by atoms with Crippen molar-refractivity contribution < 1.29 is 0 Å². The van der Waals surface area contributed by atoms with Crippen LogP contribution in [0.5, 0.6) is 0 Å². The van der Waals surface area contributed by atoms with Gasteiger partial charge < -0.3 is 0 Å². The summed E-state index contributed by atoms with van der Waals surface area (Å²) < 4.78 is 0. The summed E-state index contributed by atoms with van der Waals surface area (Å²) in [7, 11) is -4.67. The van der Waals surface area contributed by atoms with Crippen LogP contribution in [-0.4, -0.2) is 14.8 Å². The summed E-state index contributed by atoms with van der Waals surface area (Å²) in [5, 5.41) is 7.39. The third-order valence-electron chi connectivity index (χ3n) is 5.57. The minimum absolute atomic E-state index is 1.23. The molecule has 2 atom stereocenters. The van der Waals surface area contributed by atoms with Crippen LogP contribution < -0.4 is 20.7 Å². The first-order valence-corrected chi connectivity index (χ1v) is 16.5. The summed E-state index contributed by atoms with van der Waals surface area (Å²) in [5.74, 6) is 0. The van der Waals surface area contributed by atoms with Gasteiger partial charge in [-0.1, -0.05) is 97.1 Å². The van der Waals surface area contributed by atoms with Gasteiger partial charge in [-0.2, -0.15) is 22.2 Å². The van der Waals surface area contributed by atoms with E-state index in [9.17, 15) is 0 Å². The largest absolute Gasteiger partial charge is 0.214 e. The van der Waals surface area contributed by atoms with Gasteiger partial charge in [0, 0.05) is 0 Å². The highest BCUT2D eigenvalue weighted by atomic mass is 35.6. The van der Waals surface area contributed by atoms with Gasteiger partial charge in [0.05, 0.1) is 0 Å². The van der Waals surface area contributed by atoms with Crippen molar-refractivity contribution in [2.45, 2.75) is 13.1 Å². The van der Waals surface area contributed by atoms with Gasteiger partial charge >= 0.3 is 0 Å². The van der Waals surface area contributed by atoms with Crippen molar-refractivity contribution in [3.8, 4) is 0 Å². The van der Waals surface area contributed by atoms with Crippen LogP contribution in [0.4, 0.5) is 0 Å². The van der Waals surface area contributed by atoms with Crippen LogP contribution in [0.2, 0.25) is 13.1 Å². The molecule has 0 radical (unpaired) electrons. The molecule has 0 aliphatic carbocycles. The number of benzene rings is 4. The van der Waals surface area contributed by atoms with Crippen molar-refractivity contribution in [3.63, 3.8) is 0 Å². The zero-order valence-electron chi connectivity index (χ0n) is 16.0. The zero-order chi connectivity index (χ0) is 19.8. The van der Waals surface area contributed by atoms with Crippen LogP contribution in [0.15, 0.2) is 97.1 Å². The molecule has 0 fully saturated rings. The summed E-state index contributed by atoms with van der Waals surface area (Å²) >= 11 is 14.5. The molecule has 4 aromatic carbocycles. The molecule has 0 aliphatic rings. The van der Waals surface area contributed by atoms with Crippen LogP contribution in [0, 0.1) is 0 Å². The summed E-state index contributed by atoms with van der Waals surface area (Å²) in [5.41, 5.74) is 0. The second-order valence-corrected chi connectivity index (χ2v) is 18.2. The molecule has 0 saturated heterocycles. The molecule has 140 valence electrons. The Bertz CT molecular complexity index is 1020. The second-order valence-electron chi connectivity index (χ2n) is 7.44. The summed E-state index contributed by atoms with van der Waals surface area (Å²) in [6, 6.07) is 33.9. The fourth-order valence-corrected chi connectivity index (χ4v) is 10.2. The Morgan fingerprint density at radius 3 is 1.14 bits per heavy atom. The molecule has 4 aromatic rings. The second kappa shape index (κ2) is 7.53. The van der Waals surface area contributed by atoms with Crippen LogP contribution in [0.3, 0.4) is 0 Å². The van der Waals surface area contributed by atoms with Crippen molar-refractivity contribution in [3.05, 3.63) is 97.1 Å². The molecule has 2 unspecified atom stereocenters. The van der Waals surface area contributed by atoms with Gasteiger partial charge in [-0.05, 0) is 44.6 Å². The van der Waals surface area contributed by atoms with E-state index in [2.05, 4.69) is 98.0 Å². The van der Waals surface area contributed by atoms with Gasteiger partial charge in [-0.3, -0.25) is 0 Å². The average molecular weight is 438 g/mol. The zero-order valence-corrected chi connectivity index (χ0v) is 19.5. The van der Waals surface area contributed by atoms with Crippen molar-refractivity contribution >= 4 is 68.4 Å². The minimum atomic E-state index is -2.34. The van der Waals surface area contributed by atoms with E-state index in [1.165, 1.54) is 31.5 Å². The maximum atomic E-state index is 7.27. The fourth-order valence-electron chi connectivity index (χ4n) is 3.93. The summed E-state index contributed by atoms with van der Waals surface area (Å²) in [6.07, 6.45) is 0. The molecule has 0 nitrogen and oxygen atoms in total. The van der Waals surface area contributed by atoms with Crippen molar-refractivity contribution in [1.29, 1.82) is 0 Å². The highest BCUT2D eigenvalue weighted by Crippen LogP contribution is 2.21.